The molecule has 186 valence electrons. The number of fused-ring (bicyclic) bond motifs is 2. The summed E-state index contributed by atoms with van der Waals surface area (Å²) >= 11 is 0. The van der Waals surface area contributed by atoms with Gasteiger partial charge in [0, 0.05) is 32.4 Å². The Morgan fingerprint density at radius 2 is 1.97 bits per heavy atom. The molecular formula is C21H28F3N7O3. The summed E-state index contributed by atoms with van der Waals surface area (Å²) in [5, 5.41) is 14.6. The third-order valence-electron chi connectivity index (χ3n) is 6.44. The third kappa shape index (κ3) is 5.75. The fourth-order valence-electron chi connectivity index (χ4n) is 4.47. The fourth-order valence-corrected chi connectivity index (χ4v) is 4.47. The molecule has 2 aliphatic rings. The Labute approximate surface area is 194 Å². The number of halogens is 3. The molecule has 0 aliphatic carbocycles. The van der Waals surface area contributed by atoms with Gasteiger partial charge in [-0.2, -0.15) is 18.3 Å². The van der Waals surface area contributed by atoms with Gasteiger partial charge in [-0.1, -0.05) is 11.6 Å². The second-order valence-electron chi connectivity index (χ2n) is 8.80. The van der Waals surface area contributed by atoms with E-state index in [-0.39, 0.29) is 18.4 Å². The number of hydrogen-bond donors (Lipinski definition) is 1. The van der Waals surface area contributed by atoms with E-state index in [0.29, 0.717) is 58.7 Å². The molecule has 2 amide bonds. The molecule has 1 fully saturated rings. The molecule has 1 spiro atoms. The van der Waals surface area contributed by atoms with E-state index in [1.165, 1.54) is 0 Å². The Morgan fingerprint density at radius 3 is 2.71 bits per heavy atom. The van der Waals surface area contributed by atoms with E-state index >= 15 is 0 Å². The summed E-state index contributed by atoms with van der Waals surface area (Å²) in [6, 6.07) is 0.849. The van der Waals surface area contributed by atoms with Crippen LogP contribution in [0.15, 0.2) is 18.5 Å². The van der Waals surface area contributed by atoms with Crippen molar-refractivity contribution in [1.82, 2.24) is 35.0 Å². The number of nitrogens with one attached hydrogen (secondary N) is 1. The number of aromatic nitrogens is 5. The van der Waals surface area contributed by atoms with Crippen LogP contribution in [0.3, 0.4) is 0 Å². The first-order chi connectivity index (χ1) is 16.2. The first-order valence-corrected chi connectivity index (χ1v) is 11.4. The summed E-state index contributed by atoms with van der Waals surface area (Å²) in [5.74, 6) is -0.359. The smallest absolute Gasteiger partial charge is 0.373 e. The van der Waals surface area contributed by atoms with Crippen LogP contribution < -0.4 is 5.32 Å². The quantitative estimate of drug-likeness (QED) is 0.696. The van der Waals surface area contributed by atoms with Gasteiger partial charge >= 0.3 is 6.18 Å². The monoisotopic (exact) mass is 483 g/mol. The molecule has 4 rings (SSSR count). The van der Waals surface area contributed by atoms with Gasteiger partial charge in [0.2, 0.25) is 11.8 Å². The molecule has 10 nitrogen and oxygen atoms in total. The highest BCUT2D eigenvalue weighted by Gasteiger charge is 2.41. The number of piperidine rings is 1. The molecule has 2 aliphatic heterocycles. The van der Waals surface area contributed by atoms with Crippen molar-refractivity contribution >= 4 is 11.8 Å². The molecule has 2 aromatic heterocycles. The second-order valence-corrected chi connectivity index (χ2v) is 8.80. The molecule has 0 radical (unpaired) electrons. The van der Waals surface area contributed by atoms with E-state index in [1.807, 2.05) is 6.20 Å². The highest BCUT2D eigenvalue weighted by Crippen LogP contribution is 2.37. The maximum atomic E-state index is 13.1. The maximum absolute atomic E-state index is 13.1. The SMILES string of the molecule is O=C(Cn1ccc(C(F)(F)F)n1)N1CCC2(CCCCn3cc(nn3)COCCNC2=O)CC1. The number of amides is 2. The van der Waals surface area contributed by atoms with Crippen LogP contribution in [-0.2, 0) is 40.2 Å². The number of aryl methyl sites for hydroxylation is 1. The average Bonchev–Trinajstić information content (AvgIpc) is 3.46. The Morgan fingerprint density at radius 1 is 1.18 bits per heavy atom. The third-order valence-corrected chi connectivity index (χ3v) is 6.44. The minimum atomic E-state index is -4.55. The Kier molecular flexibility index (Phi) is 7.19. The molecule has 34 heavy (non-hydrogen) atoms. The van der Waals surface area contributed by atoms with E-state index in [9.17, 15) is 22.8 Å². The van der Waals surface area contributed by atoms with Gasteiger partial charge in [-0.15, -0.1) is 5.10 Å². The Bertz CT molecular complexity index is 996. The summed E-state index contributed by atoms with van der Waals surface area (Å²) < 4.78 is 46.6. The van der Waals surface area contributed by atoms with Crippen LogP contribution in [0.4, 0.5) is 13.2 Å². The zero-order valence-electron chi connectivity index (χ0n) is 18.8. The largest absolute Gasteiger partial charge is 0.435 e. The molecule has 2 bridgehead atoms. The lowest BCUT2D eigenvalue weighted by molar-refractivity contribution is -0.143. The van der Waals surface area contributed by atoms with E-state index in [4.69, 9.17) is 4.74 Å². The molecule has 0 unspecified atom stereocenters. The molecule has 0 saturated carbocycles. The minimum Gasteiger partial charge on any atom is -0.373 e. The lowest BCUT2D eigenvalue weighted by Gasteiger charge is -2.41. The number of alkyl halides is 3. The lowest BCUT2D eigenvalue weighted by Crippen LogP contribution is -2.51. The highest BCUT2D eigenvalue weighted by atomic mass is 19.4. The lowest BCUT2D eigenvalue weighted by atomic mass is 9.73. The summed E-state index contributed by atoms with van der Waals surface area (Å²) in [6.07, 6.45) is 1.78. The topological polar surface area (TPSA) is 107 Å². The van der Waals surface area contributed by atoms with Crippen LogP contribution in [0.25, 0.3) is 0 Å². The van der Waals surface area contributed by atoms with E-state index < -0.39 is 17.3 Å². The van der Waals surface area contributed by atoms with Crippen molar-refractivity contribution in [1.29, 1.82) is 0 Å². The maximum Gasteiger partial charge on any atom is 0.435 e. The van der Waals surface area contributed by atoms with Crippen LogP contribution in [0.1, 0.15) is 43.5 Å². The summed E-state index contributed by atoms with van der Waals surface area (Å²) in [4.78, 5) is 27.4. The summed E-state index contributed by atoms with van der Waals surface area (Å²) in [7, 11) is 0. The van der Waals surface area contributed by atoms with Crippen molar-refractivity contribution in [3.8, 4) is 0 Å². The predicted octanol–water partition coefficient (Wildman–Crippen LogP) is 1.62. The minimum absolute atomic E-state index is 0.0426. The molecule has 13 heteroatoms. The van der Waals surface area contributed by atoms with Crippen LogP contribution in [-0.4, -0.2) is 67.7 Å². The van der Waals surface area contributed by atoms with Crippen LogP contribution >= 0.6 is 0 Å². The van der Waals surface area contributed by atoms with Crippen molar-refractivity contribution in [3.63, 3.8) is 0 Å². The van der Waals surface area contributed by atoms with Crippen molar-refractivity contribution < 1.29 is 27.5 Å². The molecule has 1 saturated heterocycles. The van der Waals surface area contributed by atoms with Crippen molar-refractivity contribution in [3.05, 3.63) is 29.8 Å². The van der Waals surface area contributed by atoms with Gasteiger partial charge in [-0.3, -0.25) is 19.0 Å². The molecular weight excluding hydrogens is 455 g/mol. The normalized spacial score (nSPS) is 20.1. The van der Waals surface area contributed by atoms with Gasteiger partial charge in [0.05, 0.1) is 24.8 Å². The van der Waals surface area contributed by atoms with Gasteiger partial charge in [0.1, 0.15) is 12.2 Å². The second kappa shape index (κ2) is 10.1. The highest BCUT2D eigenvalue weighted by molar-refractivity contribution is 5.83. The standard InChI is InChI=1S/C21H28F3N7O3/c22-21(23,24)17-3-9-30(27-17)14-18(32)29-10-5-20(6-11-29)4-1-2-8-31-13-16(26-28-31)15-34-12-7-25-19(20)33/h3,9,13H,1-2,4-8,10-12,14-15H2,(H,25,33). The van der Waals surface area contributed by atoms with Crippen LogP contribution in [0, 0.1) is 5.41 Å². The number of carbonyl (C=O) groups is 2. The van der Waals surface area contributed by atoms with E-state index in [2.05, 4.69) is 20.7 Å². The number of rotatable bonds is 2. The average molecular weight is 483 g/mol. The molecule has 0 aromatic carbocycles. The zero-order valence-corrected chi connectivity index (χ0v) is 18.8. The van der Waals surface area contributed by atoms with Gasteiger partial charge in [-0.25, -0.2) is 0 Å². The first kappa shape index (κ1) is 24.2. The number of likely N-dealkylation sites (tertiary alicyclic amines) is 1. The van der Waals surface area contributed by atoms with E-state index in [0.717, 1.165) is 35.5 Å². The van der Waals surface area contributed by atoms with Gasteiger partial charge in [0.25, 0.3) is 0 Å². The molecule has 4 heterocycles. The van der Waals surface area contributed by atoms with Crippen molar-refractivity contribution in [2.24, 2.45) is 5.41 Å². The van der Waals surface area contributed by atoms with E-state index in [1.54, 1.807) is 9.58 Å². The Hall–Kier alpha value is -2.96. The van der Waals surface area contributed by atoms with Gasteiger partial charge < -0.3 is 15.0 Å². The predicted molar refractivity (Wildman–Crippen MR) is 112 cm³/mol. The van der Waals surface area contributed by atoms with Gasteiger partial charge in [0.15, 0.2) is 5.69 Å². The van der Waals surface area contributed by atoms with Gasteiger partial charge in [-0.05, 0) is 31.7 Å². The van der Waals surface area contributed by atoms with Crippen LogP contribution in [0.5, 0.6) is 0 Å². The molecule has 0 atom stereocenters. The number of carbonyl (C=O) groups excluding carboxylic acids is 2. The molecule has 1 N–H and O–H groups in total. The molecule has 2 aromatic rings. The van der Waals surface area contributed by atoms with Crippen LogP contribution in [0.2, 0.25) is 0 Å². The number of ether oxygens (including phenoxy) is 1. The summed E-state index contributed by atoms with van der Waals surface area (Å²) in [5.41, 5.74) is -0.870. The zero-order chi connectivity index (χ0) is 24.2. The van der Waals surface area contributed by atoms with Crippen molar-refractivity contribution in [2.45, 2.75) is 58.0 Å². The Balaban J connectivity index is 1.35. The van der Waals surface area contributed by atoms with Crippen molar-refractivity contribution in [2.75, 3.05) is 26.2 Å². The number of nitrogens with zero attached hydrogens (tertiary/aromatic N) is 6. The number of hydrogen-bond acceptors (Lipinski definition) is 6. The first-order valence-electron chi connectivity index (χ1n) is 11.4. The summed E-state index contributed by atoms with van der Waals surface area (Å²) in [6.45, 7) is 2.21. The fraction of sp³-hybridized carbons (Fsp3) is 0.667.